The number of nitrogens with one attached hydrogen (secondary N) is 1. The van der Waals surface area contributed by atoms with Crippen LogP contribution in [0, 0.1) is 0 Å². The van der Waals surface area contributed by atoms with Crippen LogP contribution in [0.15, 0.2) is 48.5 Å². The van der Waals surface area contributed by atoms with Crippen molar-refractivity contribution in [2.24, 2.45) is 0 Å². The van der Waals surface area contributed by atoms with Gasteiger partial charge in [-0.1, -0.05) is 37.1 Å². The summed E-state index contributed by atoms with van der Waals surface area (Å²) in [6.45, 7) is 4.71. The van der Waals surface area contributed by atoms with E-state index in [9.17, 15) is 4.79 Å². The third kappa shape index (κ3) is 11.4. The zero-order chi connectivity index (χ0) is 24.6. The molecule has 0 unspecified atom stereocenters. The predicted molar refractivity (Wildman–Crippen MR) is 146 cm³/mol. The molecule has 1 amide bonds. The number of ether oxygens (including phenoxy) is 2. The number of hydrogen-bond acceptors (Lipinski definition) is 5. The van der Waals surface area contributed by atoms with Crippen molar-refractivity contribution in [2.75, 3.05) is 39.1 Å². The van der Waals surface area contributed by atoms with Gasteiger partial charge in [0.25, 0.3) is 0 Å². The molecule has 3 rings (SSSR count). The van der Waals surface area contributed by atoms with Crippen LogP contribution in [0.5, 0.6) is 11.5 Å². The van der Waals surface area contributed by atoms with E-state index >= 15 is 0 Å². The summed E-state index contributed by atoms with van der Waals surface area (Å²) in [4.78, 5) is 14.6. The Morgan fingerprint density at radius 3 is 2.57 bits per heavy atom. The second-order valence-electron chi connectivity index (χ2n) is 9.25. The van der Waals surface area contributed by atoms with Crippen LogP contribution in [0.25, 0.3) is 0 Å². The molecule has 192 valence electrons. The Hall–Kier alpha value is -2.18. The Labute approximate surface area is 216 Å². The van der Waals surface area contributed by atoms with E-state index in [4.69, 9.17) is 9.47 Å². The van der Waals surface area contributed by atoms with E-state index in [1.54, 1.807) is 7.11 Å². The molecule has 1 aliphatic heterocycles. The molecule has 0 atom stereocenters. The highest BCUT2D eigenvalue weighted by atomic mass is 32.2. The van der Waals surface area contributed by atoms with Crippen molar-refractivity contribution in [3.63, 3.8) is 0 Å². The van der Waals surface area contributed by atoms with Gasteiger partial charge in [0.1, 0.15) is 11.5 Å². The largest absolute Gasteiger partial charge is 0.497 e. The summed E-state index contributed by atoms with van der Waals surface area (Å²) in [6, 6.07) is 16.7. The van der Waals surface area contributed by atoms with Gasteiger partial charge in [0.05, 0.1) is 13.7 Å². The number of amides is 1. The molecule has 1 fully saturated rings. The summed E-state index contributed by atoms with van der Waals surface area (Å²) in [5.74, 6) is 4.13. The van der Waals surface area contributed by atoms with Gasteiger partial charge in [-0.2, -0.15) is 11.8 Å². The molecule has 35 heavy (non-hydrogen) atoms. The molecule has 0 bridgehead atoms. The van der Waals surface area contributed by atoms with Gasteiger partial charge < -0.3 is 14.8 Å². The lowest BCUT2D eigenvalue weighted by Crippen LogP contribution is -2.29. The quantitative estimate of drug-likeness (QED) is 0.285. The fourth-order valence-electron chi connectivity index (χ4n) is 4.27. The van der Waals surface area contributed by atoms with E-state index in [1.165, 1.54) is 43.5 Å². The minimum absolute atomic E-state index is 0.152. The van der Waals surface area contributed by atoms with Crippen LogP contribution >= 0.6 is 11.8 Å². The molecule has 5 nitrogen and oxygen atoms in total. The molecule has 1 heterocycles. The Balaban J connectivity index is 1.15. The predicted octanol–water partition coefficient (Wildman–Crippen LogP) is 6.06. The van der Waals surface area contributed by atoms with Crippen molar-refractivity contribution in [1.29, 1.82) is 0 Å². The molecular formula is C29H42N2O3S. The van der Waals surface area contributed by atoms with E-state index in [0.717, 1.165) is 55.2 Å². The highest BCUT2D eigenvalue weighted by Crippen LogP contribution is 2.19. The SMILES string of the molecule is COc1ccc(CSCCCCCC(=O)NCCCOc2cccc(CN3CCCCC3)c2)cc1. The van der Waals surface area contributed by atoms with Gasteiger partial charge in [-0.25, -0.2) is 0 Å². The summed E-state index contributed by atoms with van der Waals surface area (Å²) in [5.41, 5.74) is 2.64. The first kappa shape index (κ1) is 27.4. The number of thioether (sulfide) groups is 1. The summed E-state index contributed by atoms with van der Waals surface area (Å²) < 4.78 is 11.1. The summed E-state index contributed by atoms with van der Waals surface area (Å²) in [7, 11) is 1.69. The smallest absolute Gasteiger partial charge is 0.219 e. The standard InChI is InChI=1S/C29H42N2O3S/c1-33-27-15-13-25(14-16-27)24-35-21-7-2-4-12-29(32)30-17-9-20-34-28-11-8-10-26(22-28)23-31-18-5-3-6-19-31/h8,10-11,13-16,22H,2-7,9,12,17-21,23-24H2,1H3,(H,30,32). The molecule has 0 saturated carbocycles. The molecule has 1 N–H and O–H groups in total. The van der Waals surface area contributed by atoms with Gasteiger partial charge in [0.15, 0.2) is 0 Å². The van der Waals surface area contributed by atoms with Crippen molar-refractivity contribution in [1.82, 2.24) is 10.2 Å². The van der Waals surface area contributed by atoms with E-state index < -0.39 is 0 Å². The maximum absolute atomic E-state index is 12.1. The van der Waals surface area contributed by atoms with Crippen molar-refractivity contribution in [3.05, 3.63) is 59.7 Å². The van der Waals surface area contributed by atoms with E-state index in [-0.39, 0.29) is 5.91 Å². The number of nitrogens with zero attached hydrogens (tertiary/aromatic N) is 1. The third-order valence-electron chi connectivity index (χ3n) is 6.29. The second-order valence-corrected chi connectivity index (χ2v) is 10.4. The van der Waals surface area contributed by atoms with Gasteiger partial charge in [-0.15, -0.1) is 0 Å². The number of carbonyl (C=O) groups excluding carboxylic acids is 1. The number of unbranched alkanes of at least 4 members (excludes halogenated alkanes) is 2. The lowest BCUT2D eigenvalue weighted by atomic mass is 10.1. The minimum Gasteiger partial charge on any atom is -0.497 e. The monoisotopic (exact) mass is 498 g/mol. The normalized spacial score (nSPS) is 14.0. The molecule has 0 spiro atoms. The van der Waals surface area contributed by atoms with E-state index in [1.807, 2.05) is 30.0 Å². The van der Waals surface area contributed by atoms with Crippen molar-refractivity contribution in [2.45, 2.75) is 63.7 Å². The average molecular weight is 499 g/mol. The average Bonchev–Trinajstić information content (AvgIpc) is 2.89. The molecule has 6 heteroatoms. The number of likely N-dealkylation sites (tertiary alicyclic amines) is 1. The zero-order valence-electron chi connectivity index (χ0n) is 21.3. The molecular weight excluding hydrogens is 456 g/mol. The molecule has 1 saturated heterocycles. The van der Waals surface area contributed by atoms with Gasteiger partial charge in [-0.3, -0.25) is 9.69 Å². The first-order chi connectivity index (χ1) is 17.2. The van der Waals surface area contributed by atoms with Crippen LogP contribution in [-0.4, -0.2) is 49.9 Å². The van der Waals surface area contributed by atoms with Crippen molar-refractivity contribution >= 4 is 17.7 Å². The maximum atomic E-state index is 12.1. The lowest BCUT2D eigenvalue weighted by molar-refractivity contribution is -0.121. The Bertz CT molecular complexity index is 853. The van der Waals surface area contributed by atoms with Crippen LogP contribution in [0.4, 0.5) is 0 Å². The second kappa shape index (κ2) is 16.5. The fourth-order valence-corrected chi connectivity index (χ4v) is 5.25. The van der Waals surface area contributed by atoms with E-state index in [2.05, 4.69) is 40.5 Å². The molecule has 0 aromatic heterocycles. The number of piperidine rings is 1. The van der Waals surface area contributed by atoms with Gasteiger partial charge in [0, 0.05) is 25.3 Å². The molecule has 1 aliphatic rings. The summed E-state index contributed by atoms with van der Waals surface area (Å²) >= 11 is 1.95. The van der Waals surface area contributed by atoms with Crippen LogP contribution in [0.3, 0.4) is 0 Å². The summed E-state index contributed by atoms with van der Waals surface area (Å²) in [6.07, 6.45) is 8.63. The number of benzene rings is 2. The van der Waals surface area contributed by atoms with E-state index in [0.29, 0.717) is 19.6 Å². The number of methoxy groups -OCH3 is 1. The zero-order valence-corrected chi connectivity index (χ0v) is 22.1. The molecule has 2 aromatic rings. The van der Waals surface area contributed by atoms with Gasteiger partial charge in [0.2, 0.25) is 5.91 Å². The first-order valence-electron chi connectivity index (χ1n) is 13.1. The van der Waals surface area contributed by atoms with Gasteiger partial charge >= 0.3 is 0 Å². The van der Waals surface area contributed by atoms with Crippen LogP contribution in [-0.2, 0) is 17.1 Å². The fraction of sp³-hybridized carbons (Fsp3) is 0.552. The molecule has 0 radical (unpaired) electrons. The summed E-state index contributed by atoms with van der Waals surface area (Å²) in [5, 5.41) is 3.03. The Morgan fingerprint density at radius 1 is 0.943 bits per heavy atom. The topological polar surface area (TPSA) is 50.8 Å². The van der Waals surface area contributed by atoms with Crippen molar-refractivity contribution < 1.29 is 14.3 Å². The van der Waals surface area contributed by atoms with Gasteiger partial charge in [-0.05, 0) is 86.3 Å². The highest BCUT2D eigenvalue weighted by Gasteiger charge is 2.10. The Kier molecular flexibility index (Phi) is 12.9. The minimum atomic E-state index is 0.152. The number of carbonyl (C=O) groups is 1. The Morgan fingerprint density at radius 2 is 1.77 bits per heavy atom. The lowest BCUT2D eigenvalue weighted by Gasteiger charge is -2.26. The first-order valence-corrected chi connectivity index (χ1v) is 14.3. The molecule has 2 aromatic carbocycles. The number of rotatable bonds is 16. The highest BCUT2D eigenvalue weighted by molar-refractivity contribution is 7.98. The number of hydrogen-bond donors (Lipinski definition) is 1. The van der Waals surface area contributed by atoms with Crippen LogP contribution in [0.2, 0.25) is 0 Å². The van der Waals surface area contributed by atoms with Crippen molar-refractivity contribution in [3.8, 4) is 11.5 Å². The van der Waals surface area contributed by atoms with Crippen LogP contribution in [0.1, 0.15) is 62.5 Å². The third-order valence-corrected chi connectivity index (χ3v) is 7.40. The van der Waals surface area contributed by atoms with Crippen LogP contribution < -0.4 is 14.8 Å². The molecule has 0 aliphatic carbocycles. The maximum Gasteiger partial charge on any atom is 0.219 e.